The van der Waals surface area contributed by atoms with Crippen LogP contribution in [0.3, 0.4) is 0 Å². The van der Waals surface area contributed by atoms with E-state index in [4.69, 9.17) is 0 Å². The van der Waals surface area contributed by atoms with E-state index in [0.717, 1.165) is 47.3 Å². The first kappa shape index (κ1) is 14.5. The van der Waals surface area contributed by atoms with Crippen molar-refractivity contribution in [2.24, 2.45) is 0 Å². The Labute approximate surface area is 136 Å². The summed E-state index contributed by atoms with van der Waals surface area (Å²) < 4.78 is 0.883. The first-order valence-electron chi connectivity index (χ1n) is 6.87. The molecular formula is C13H17BrN6S. The SMILES string of the molecule is CNc1nc(N2CCC(Nc3nccs3)CC2)ncc1Br. The molecule has 3 heterocycles. The lowest BCUT2D eigenvalue weighted by atomic mass is 10.1. The topological polar surface area (TPSA) is 66.0 Å². The van der Waals surface area contributed by atoms with E-state index < -0.39 is 0 Å². The number of nitrogens with one attached hydrogen (secondary N) is 2. The van der Waals surface area contributed by atoms with E-state index in [1.165, 1.54) is 0 Å². The predicted octanol–water partition coefficient (Wildman–Crippen LogP) is 2.82. The van der Waals surface area contributed by atoms with Crippen LogP contribution in [0.4, 0.5) is 16.9 Å². The Morgan fingerprint density at radius 3 is 2.81 bits per heavy atom. The highest BCUT2D eigenvalue weighted by Gasteiger charge is 2.21. The summed E-state index contributed by atoms with van der Waals surface area (Å²) in [4.78, 5) is 15.5. The minimum absolute atomic E-state index is 0.478. The average molecular weight is 369 g/mol. The first-order valence-corrected chi connectivity index (χ1v) is 8.55. The Balaban J connectivity index is 1.60. The maximum absolute atomic E-state index is 4.54. The summed E-state index contributed by atoms with van der Waals surface area (Å²) in [5.74, 6) is 1.61. The second kappa shape index (κ2) is 6.57. The summed E-state index contributed by atoms with van der Waals surface area (Å²) in [6, 6.07) is 0.478. The molecule has 8 heteroatoms. The fourth-order valence-corrected chi connectivity index (χ4v) is 3.37. The molecule has 112 valence electrons. The number of halogens is 1. The van der Waals surface area contributed by atoms with Gasteiger partial charge in [-0.1, -0.05) is 0 Å². The molecule has 6 nitrogen and oxygen atoms in total. The fraction of sp³-hybridized carbons (Fsp3) is 0.462. The summed E-state index contributed by atoms with van der Waals surface area (Å²) >= 11 is 5.08. The number of hydrogen-bond donors (Lipinski definition) is 2. The number of anilines is 3. The molecule has 0 aromatic carbocycles. The van der Waals surface area contributed by atoms with Crippen LogP contribution in [-0.4, -0.2) is 41.1 Å². The van der Waals surface area contributed by atoms with Gasteiger partial charge in [0.25, 0.3) is 0 Å². The molecule has 2 aromatic rings. The highest BCUT2D eigenvalue weighted by Crippen LogP contribution is 2.24. The average Bonchev–Trinajstić information content (AvgIpc) is 3.02. The molecule has 1 aliphatic rings. The summed E-state index contributed by atoms with van der Waals surface area (Å²) in [6.45, 7) is 1.90. The first-order chi connectivity index (χ1) is 10.3. The predicted molar refractivity (Wildman–Crippen MR) is 90.3 cm³/mol. The fourth-order valence-electron chi connectivity index (χ4n) is 2.38. The molecule has 2 N–H and O–H groups in total. The second-order valence-electron chi connectivity index (χ2n) is 4.86. The zero-order valence-electron chi connectivity index (χ0n) is 11.7. The summed E-state index contributed by atoms with van der Waals surface area (Å²) in [5, 5.41) is 9.55. The summed E-state index contributed by atoms with van der Waals surface area (Å²) in [5.41, 5.74) is 0. The van der Waals surface area contributed by atoms with Gasteiger partial charge in [0.05, 0.1) is 4.47 Å². The molecule has 0 radical (unpaired) electrons. The third kappa shape index (κ3) is 3.44. The molecule has 0 saturated carbocycles. The number of thiazole rings is 1. The third-order valence-electron chi connectivity index (χ3n) is 3.51. The van der Waals surface area contributed by atoms with Crippen LogP contribution >= 0.6 is 27.3 Å². The second-order valence-corrected chi connectivity index (χ2v) is 6.61. The van der Waals surface area contributed by atoms with Gasteiger partial charge in [0.1, 0.15) is 5.82 Å². The lowest BCUT2D eigenvalue weighted by Gasteiger charge is -2.32. The van der Waals surface area contributed by atoms with E-state index in [0.29, 0.717) is 6.04 Å². The Morgan fingerprint density at radius 2 is 2.14 bits per heavy atom. The van der Waals surface area contributed by atoms with Crippen LogP contribution in [0, 0.1) is 0 Å². The molecule has 0 atom stereocenters. The number of rotatable bonds is 4. The maximum Gasteiger partial charge on any atom is 0.227 e. The van der Waals surface area contributed by atoms with E-state index in [1.54, 1.807) is 17.5 Å². The van der Waals surface area contributed by atoms with Gasteiger partial charge in [0.15, 0.2) is 5.13 Å². The Bertz CT molecular complexity index is 582. The van der Waals surface area contributed by atoms with E-state index in [2.05, 4.69) is 46.4 Å². The van der Waals surface area contributed by atoms with Crippen LogP contribution in [0.5, 0.6) is 0 Å². The highest BCUT2D eigenvalue weighted by atomic mass is 79.9. The number of hydrogen-bond acceptors (Lipinski definition) is 7. The van der Waals surface area contributed by atoms with Crippen molar-refractivity contribution in [1.29, 1.82) is 0 Å². The molecule has 1 saturated heterocycles. The molecule has 1 aliphatic heterocycles. The van der Waals surface area contributed by atoms with Gasteiger partial charge in [-0.2, -0.15) is 4.98 Å². The van der Waals surface area contributed by atoms with Crippen LogP contribution in [-0.2, 0) is 0 Å². The van der Waals surface area contributed by atoms with Gasteiger partial charge in [-0.15, -0.1) is 11.3 Å². The van der Waals surface area contributed by atoms with E-state index in [1.807, 2.05) is 18.6 Å². The Morgan fingerprint density at radius 1 is 1.33 bits per heavy atom. The van der Waals surface area contributed by atoms with E-state index in [-0.39, 0.29) is 0 Å². The molecule has 2 aromatic heterocycles. The quantitative estimate of drug-likeness (QED) is 0.864. The lowest BCUT2D eigenvalue weighted by Crippen LogP contribution is -2.40. The largest absolute Gasteiger partial charge is 0.372 e. The molecule has 0 spiro atoms. The zero-order chi connectivity index (χ0) is 14.7. The van der Waals surface area contributed by atoms with Gasteiger partial charge in [-0.25, -0.2) is 9.97 Å². The van der Waals surface area contributed by atoms with Crippen LogP contribution in [0.15, 0.2) is 22.2 Å². The molecule has 0 unspecified atom stereocenters. The molecule has 1 fully saturated rings. The van der Waals surface area contributed by atoms with Crippen molar-refractivity contribution in [2.45, 2.75) is 18.9 Å². The van der Waals surface area contributed by atoms with Crippen LogP contribution in [0.1, 0.15) is 12.8 Å². The van der Waals surface area contributed by atoms with E-state index >= 15 is 0 Å². The van der Waals surface area contributed by atoms with Crippen molar-refractivity contribution in [1.82, 2.24) is 15.0 Å². The van der Waals surface area contributed by atoms with Crippen molar-refractivity contribution >= 4 is 44.2 Å². The third-order valence-corrected chi connectivity index (χ3v) is 4.79. The standard InChI is InChI=1S/C13H17BrN6S/c1-15-11-10(14)8-17-12(19-11)20-5-2-9(3-6-20)18-13-16-4-7-21-13/h4,7-9H,2-3,5-6H2,1H3,(H,16,18)(H,15,17,19). The Kier molecular flexibility index (Phi) is 4.54. The van der Waals surface area contributed by atoms with E-state index in [9.17, 15) is 0 Å². The minimum Gasteiger partial charge on any atom is -0.372 e. The smallest absolute Gasteiger partial charge is 0.227 e. The molecular weight excluding hydrogens is 352 g/mol. The lowest BCUT2D eigenvalue weighted by molar-refractivity contribution is 0.520. The van der Waals surface area contributed by atoms with Crippen molar-refractivity contribution in [2.75, 3.05) is 35.7 Å². The summed E-state index contributed by atoms with van der Waals surface area (Å²) in [6.07, 6.45) is 5.76. The number of nitrogens with zero attached hydrogens (tertiary/aromatic N) is 4. The molecule has 3 rings (SSSR count). The van der Waals surface area contributed by atoms with Crippen LogP contribution in [0.2, 0.25) is 0 Å². The monoisotopic (exact) mass is 368 g/mol. The Hall–Kier alpha value is -1.41. The van der Waals surface area contributed by atoms with Gasteiger partial charge in [0, 0.05) is 44.0 Å². The zero-order valence-corrected chi connectivity index (χ0v) is 14.1. The molecule has 0 bridgehead atoms. The number of piperidine rings is 1. The van der Waals surface area contributed by atoms with Crippen LogP contribution in [0.25, 0.3) is 0 Å². The van der Waals surface area contributed by atoms with Crippen molar-refractivity contribution < 1.29 is 0 Å². The maximum atomic E-state index is 4.54. The minimum atomic E-state index is 0.478. The van der Waals surface area contributed by atoms with Crippen LogP contribution < -0.4 is 15.5 Å². The van der Waals surface area contributed by atoms with Gasteiger partial charge in [0.2, 0.25) is 5.95 Å². The van der Waals surface area contributed by atoms with Crippen molar-refractivity contribution in [3.63, 3.8) is 0 Å². The van der Waals surface area contributed by atoms with Gasteiger partial charge in [-0.3, -0.25) is 0 Å². The molecule has 21 heavy (non-hydrogen) atoms. The van der Waals surface area contributed by atoms with Crippen molar-refractivity contribution in [3.8, 4) is 0 Å². The normalized spacial score (nSPS) is 16.0. The molecule has 0 amide bonds. The summed E-state index contributed by atoms with van der Waals surface area (Å²) in [7, 11) is 1.86. The number of aromatic nitrogens is 3. The van der Waals surface area contributed by atoms with Gasteiger partial charge < -0.3 is 15.5 Å². The molecule has 0 aliphatic carbocycles. The highest BCUT2D eigenvalue weighted by molar-refractivity contribution is 9.10. The van der Waals surface area contributed by atoms with Gasteiger partial charge in [-0.05, 0) is 28.8 Å². The van der Waals surface area contributed by atoms with Crippen molar-refractivity contribution in [3.05, 3.63) is 22.2 Å². The van der Waals surface area contributed by atoms with Gasteiger partial charge >= 0.3 is 0 Å².